The maximum atomic E-state index is 4.85. The highest BCUT2D eigenvalue weighted by atomic mass is 32.2. The molecule has 134 valence electrons. The van der Waals surface area contributed by atoms with E-state index in [1.165, 1.54) is 24.2 Å². The molecule has 6 heteroatoms. The van der Waals surface area contributed by atoms with E-state index in [1.54, 1.807) is 16.7 Å². The SMILES string of the molecule is CCCn1c2ccc(C)cc2c2nnc(SCC[NH+](CC)CC)nc21. The van der Waals surface area contributed by atoms with Gasteiger partial charge in [-0.25, -0.2) is 4.98 Å². The second kappa shape index (κ2) is 8.15. The van der Waals surface area contributed by atoms with Crippen molar-refractivity contribution in [1.29, 1.82) is 0 Å². The van der Waals surface area contributed by atoms with Crippen LogP contribution >= 0.6 is 11.8 Å². The molecule has 1 aromatic carbocycles. The van der Waals surface area contributed by atoms with E-state index in [1.807, 2.05) is 0 Å². The molecule has 1 N–H and O–H groups in total. The predicted octanol–water partition coefficient (Wildman–Crippen LogP) is 2.71. The molecule has 0 radical (unpaired) electrons. The van der Waals surface area contributed by atoms with Crippen LogP contribution in [0.4, 0.5) is 0 Å². The Bertz CT molecular complexity index is 854. The first-order valence-electron chi connectivity index (χ1n) is 9.27. The number of nitrogens with one attached hydrogen (secondary N) is 1. The van der Waals surface area contributed by atoms with Crippen LogP contribution in [0.25, 0.3) is 22.1 Å². The molecule has 0 saturated heterocycles. The van der Waals surface area contributed by atoms with Crippen LogP contribution in [-0.4, -0.2) is 45.1 Å². The summed E-state index contributed by atoms with van der Waals surface area (Å²) in [6.07, 6.45) is 1.07. The van der Waals surface area contributed by atoms with E-state index in [4.69, 9.17) is 4.98 Å². The minimum absolute atomic E-state index is 0.788. The molecule has 0 amide bonds. The van der Waals surface area contributed by atoms with Crippen molar-refractivity contribution in [3.05, 3.63) is 23.8 Å². The van der Waals surface area contributed by atoms with E-state index in [0.717, 1.165) is 47.0 Å². The highest BCUT2D eigenvalue weighted by molar-refractivity contribution is 7.99. The zero-order valence-electron chi connectivity index (χ0n) is 15.7. The summed E-state index contributed by atoms with van der Waals surface area (Å²) in [7, 11) is 0. The Morgan fingerprint density at radius 1 is 1.12 bits per heavy atom. The zero-order chi connectivity index (χ0) is 17.8. The topological polar surface area (TPSA) is 48.0 Å². The first kappa shape index (κ1) is 18.1. The van der Waals surface area contributed by atoms with Gasteiger partial charge in [-0.05, 0) is 39.3 Å². The molecule has 0 spiro atoms. The first-order chi connectivity index (χ1) is 12.2. The summed E-state index contributed by atoms with van der Waals surface area (Å²) in [4.78, 5) is 6.46. The van der Waals surface area contributed by atoms with Gasteiger partial charge in [0.15, 0.2) is 5.65 Å². The highest BCUT2D eigenvalue weighted by Gasteiger charge is 2.15. The third kappa shape index (κ3) is 3.80. The fourth-order valence-electron chi connectivity index (χ4n) is 3.26. The number of hydrogen-bond acceptors (Lipinski definition) is 4. The van der Waals surface area contributed by atoms with Crippen LogP contribution in [0.15, 0.2) is 23.4 Å². The number of benzene rings is 1. The Morgan fingerprint density at radius 2 is 1.92 bits per heavy atom. The first-order valence-corrected chi connectivity index (χ1v) is 10.3. The maximum absolute atomic E-state index is 4.85. The van der Waals surface area contributed by atoms with E-state index in [0.29, 0.717) is 0 Å². The molecule has 0 aliphatic heterocycles. The molecular weight excluding hydrogens is 330 g/mol. The molecule has 5 nitrogen and oxygen atoms in total. The van der Waals surface area contributed by atoms with Crippen LogP contribution in [0, 0.1) is 6.92 Å². The summed E-state index contributed by atoms with van der Waals surface area (Å²) < 4.78 is 2.29. The number of hydrogen-bond donors (Lipinski definition) is 1. The fraction of sp³-hybridized carbons (Fsp3) is 0.526. The van der Waals surface area contributed by atoms with Crippen molar-refractivity contribution in [3.63, 3.8) is 0 Å². The average Bonchev–Trinajstić information content (AvgIpc) is 2.92. The van der Waals surface area contributed by atoms with Crippen LogP contribution in [-0.2, 0) is 6.54 Å². The van der Waals surface area contributed by atoms with Gasteiger partial charge >= 0.3 is 0 Å². The summed E-state index contributed by atoms with van der Waals surface area (Å²) in [5, 5.41) is 10.9. The largest absolute Gasteiger partial charge is 0.335 e. The molecule has 3 rings (SSSR count). The summed E-state index contributed by atoms with van der Waals surface area (Å²) in [5.41, 5.74) is 4.34. The van der Waals surface area contributed by atoms with Crippen molar-refractivity contribution >= 4 is 33.8 Å². The Hall–Kier alpha value is -1.66. The second-order valence-electron chi connectivity index (χ2n) is 6.49. The molecule has 3 aromatic rings. The number of aromatic nitrogens is 4. The maximum Gasteiger partial charge on any atom is 0.211 e. The Kier molecular flexibility index (Phi) is 5.91. The molecule has 0 aliphatic rings. The molecular formula is C19H28N5S+. The van der Waals surface area contributed by atoms with Crippen LogP contribution in [0.5, 0.6) is 0 Å². The van der Waals surface area contributed by atoms with Gasteiger partial charge in [0, 0.05) is 11.9 Å². The fourth-order valence-corrected chi connectivity index (χ4v) is 4.08. The van der Waals surface area contributed by atoms with Crippen LogP contribution in [0.2, 0.25) is 0 Å². The number of thioether (sulfide) groups is 1. The monoisotopic (exact) mass is 358 g/mol. The van der Waals surface area contributed by atoms with Crippen molar-refractivity contribution in [2.24, 2.45) is 0 Å². The molecule has 0 unspecified atom stereocenters. The molecule has 0 fully saturated rings. The van der Waals surface area contributed by atoms with Gasteiger partial charge in [0.25, 0.3) is 0 Å². The Balaban J connectivity index is 1.93. The number of rotatable bonds is 8. The predicted molar refractivity (Wildman–Crippen MR) is 105 cm³/mol. The van der Waals surface area contributed by atoms with Gasteiger partial charge in [0.1, 0.15) is 5.52 Å². The molecule has 2 aromatic heterocycles. The van der Waals surface area contributed by atoms with E-state index >= 15 is 0 Å². The van der Waals surface area contributed by atoms with Crippen LogP contribution in [0.1, 0.15) is 32.8 Å². The molecule has 2 heterocycles. The molecule has 0 bridgehead atoms. The molecule has 25 heavy (non-hydrogen) atoms. The minimum Gasteiger partial charge on any atom is -0.335 e. The zero-order valence-corrected chi connectivity index (χ0v) is 16.5. The smallest absolute Gasteiger partial charge is 0.211 e. The highest BCUT2D eigenvalue weighted by Crippen LogP contribution is 2.28. The van der Waals surface area contributed by atoms with Crippen molar-refractivity contribution < 1.29 is 4.90 Å². The Labute approximate surface area is 153 Å². The van der Waals surface area contributed by atoms with Crippen LogP contribution in [0.3, 0.4) is 0 Å². The second-order valence-corrected chi connectivity index (χ2v) is 7.56. The summed E-state index contributed by atoms with van der Waals surface area (Å²) in [5.74, 6) is 1.03. The normalized spacial score (nSPS) is 11.9. The van der Waals surface area contributed by atoms with Gasteiger partial charge in [-0.1, -0.05) is 30.3 Å². The summed E-state index contributed by atoms with van der Waals surface area (Å²) in [6, 6.07) is 6.53. The lowest BCUT2D eigenvalue weighted by molar-refractivity contribution is -0.893. The number of nitrogens with zero attached hydrogens (tertiary/aromatic N) is 4. The number of aryl methyl sites for hydroxylation is 2. The van der Waals surface area contributed by atoms with Gasteiger partial charge in [-0.3, -0.25) is 0 Å². The van der Waals surface area contributed by atoms with Crippen molar-refractivity contribution in [3.8, 4) is 0 Å². The summed E-state index contributed by atoms with van der Waals surface area (Å²) in [6.45, 7) is 13.2. The standard InChI is InChI=1S/C19H27N5S/c1-5-10-24-16-9-8-14(4)13-15(16)17-18(24)20-19(22-21-17)25-12-11-23(6-2)7-3/h8-9,13H,5-7,10-12H2,1-4H3/p+1. The van der Waals surface area contributed by atoms with Crippen molar-refractivity contribution in [1.82, 2.24) is 19.7 Å². The van der Waals surface area contributed by atoms with Gasteiger partial charge in [-0.2, -0.15) is 0 Å². The van der Waals surface area contributed by atoms with Gasteiger partial charge in [0.2, 0.25) is 5.16 Å². The van der Waals surface area contributed by atoms with Gasteiger partial charge in [0.05, 0.1) is 30.9 Å². The van der Waals surface area contributed by atoms with Crippen molar-refractivity contribution in [2.45, 2.75) is 45.8 Å². The van der Waals surface area contributed by atoms with E-state index < -0.39 is 0 Å². The van der Waals surface area contributed by atoms with E-state index in [9.17, 15) is 0 Å². The lowest BCUT2D eigenvalue weighted by Gasteiger charge is -2.14. The summed E-state index contributed by atoms with van der Waals surface area (Å²) >= 11 is 1.72. The van der Waals surface area contributed by atoms with Crippen molar-refractivity contribution in [2.75, 3.05) is 25.4 Å². The van der Waals surface area contributed by atoms with E-state index in [2.05, 4.69) is 60.7 Å². The van der Waals surface area contributed by atoms with Gasteiger partial charge in [-0.15, -0.1) is 10.2 Å². The van der Waals surface area contributed by atoms with E-state index in [-0.39, 0.29) is 0 Å². The third-order valence-corrected chi connectivity index (χ3v) is 5.58. The lowest BCUT2D eigenvalue weighted by atomic mass is 10.2. The minimum atomic E-state index is 0.788. The lowest BCUT2D eigenvalue weighted by Crippen LogP contribution is -3.11. The molecule has 0 aliphatic carbocycles. The number of quaternary nitrogens is 1. The average molecular weight is 359 g/mol. The quantitative estimate of drug-likeness (QED) is 0.629. The van der Waals surface area contributed by atoms with Crippen LogP contribution < -0.4 is 4.90 Å². The Morgan fingerprint density at radius 3 is 2.64 bits per heavy atom. The number of fused-ring (bicyclic) bond motifs is 3. The molecule has 0 saturated carbocycles. The molecule has 0 atom stereocenters. The third-order valence-electron chi connectivity index (χ3n) is 4.74. The van der Waals surface area contributed by atoms with Gasteiger partial charge < -0.3 is 9.47 Å².